The first-order valence-electron chi connectivity index (χ1n) is 6.52. The molecule has 1 aromatic rings. The summed E-state index contributed by atoms with van der Waals surface area (Å²) < 4.78 is 0. The molecule has 4 atom stereocenters. The predicted octanol–water partition coefficient (Wildman–Crippen LogP) is 2.69. The summed E-state index contributed by atoms with van der Waals surface area (Å²) in [6.07, 6.45) is 3.61. The highest BCUT2D eigenvalue weighted by molar-refractivity contribution is 5.82. The molecule has 2 aliphatic rings. The van der Waals surface area contributed by atoms with Crippen LogP contribution < -0.4 is 5.73 Å². The van der Waals surface area contributed by atoms with E-state index in [1.165, 1.54) is 24.8 Å². The molecule has 17 heavy (non-hydrogen) atoms. The summed E-state index contributed by atoms with van der Waals surface area (Å²) in [5.41, 5.74) is 7.09. The quantitative estimate of drug-likeness (QED) is 0.850. The molecule has 2 heteroatoms. The Morgan fingerprint density at radius 1 is 1.41 bits per heavy atom. The lowest BCUT2D eigenvalue weighted by Gasteiger charge is -2.23. The first kappa shape index (κ1) is 10.8. The van der Waals surface area contributed by atoms with Crippen LogP contribution in [0.1, 0.15) is 37.7 Å². The molecule has 2 saturated carbocycles. The third kappa shape index (κ3) is 1.36. The molecule has 0 bridgehead atoms. The molecule has 0 aliphatic heterocycles. The van der Waals surface area contributed by atoms with E-state index in [9.17, 15) is 4.79 Å². The standard InChI is InChI=1S/C15H19NO/c1-10(11-6-3-2-4-7-11)15-9-5-8-12(15)13(15)14(16)17/h2-4,6-7,10,12-13H,5,8-9H2,1H3,(H2,16,17)/t10-,12?,13?,15?/m1/s1. The van der Waals surface area contributed by atoms with Crippen molar-refractivity contribution in [3.05, 3.63) is 35.9 Å². The number of hydrogen-bond acceptors (Lipinski definition) is 1. The van der Waals surface area contributed by atoms with Crippen LogP contribution in [0.3, 0.4) is 0 Å². The third-order valence-electron chi connectivity index (χ3n) is 5.10. The molecule has 0 spiro atoms. The highest BCUT2D eigenvalue weighted by atomic mass is 16.1. The lowest BCUT2D eigenvalue weighted by molar-refractivity contribution is -0.120. The number of nitrogens with two attached hydrogens (primary N) is 1. The van der Waals surface area contributed by atoms with Crippen LogP contribution in [0.5, 0.6) is 0 Å². The summed E-state index contributed by atoms with van der Waals surface area (Å²) in [6.45, 7) is 2.26. The number of hydrogen-bond donors (Lipinski definition) is 1. The minimum absolute atomic E-state index is 0.0857. The second-order valence-electron chi connectivity index (χ2n) is 5.62. The minimum Gasteiger partial charge on any atom is -0.369 e. The number of carbonyl (C=O) groups excluding carboxylic acids is 1. The van der Waals surface area contributed by atoms with Gasteiger partial charge in [0.25, 0.3) is 0 Å². The van der Waals surface area contributed by atoms with Crippen molar-refractivity contribution >= 4 is 5.91 Å². The van der Waals surface area contributed by atoms with E-state index in [4.69, 9.17) is 5.73 Å². The molecule has 3 unspecified atom stereocenters. The summed E-state index contributed by atoms with van der Waals surface area (Å²) in [4.78, 5) is 11.5. The van der Waals surface area contributed by atoms with Crippen molar-refractivity contribution in [3.63, 3.8) is 0 Å². The zero-order valence-corrected chi connectivity index (χ0v) is 10.2. The van der Waals surface area contributed by atoms with Crippen LogP contribution in [0.2, 0.25) is 0 Å². The lowest BCUT2D eigenvalue weighted by atomic mass is 9.81. The second kappa shape index (κ2) is 3.59. The number of fused-ring (bicyclic) bond motifs is 1. The van der Waals surface area contributed by atoms with E-state index in [0.717, 1.165) is 0 Å². The minimum atomic E-state index is -0.0857. The molecular formula is C15H19NO. The molecule has 0 radical (unpaired) electrons. The van der Waals surface area contributed by atoms with Crippen LogP contribution in [0.4, 0.5) is 0 Å². The Morgan fingerprint density at radius 3 is 2.71 bits per heavy atom. The van der Waals surface area contributed by atoms with E-state index in [0.29, 0.717) is 11.8 Å². The Labute approximate surface area is 102 Å². The highest BCUT2D eigenvalue weighted by Gasteiger charge is 2.70. The van der Waals surface area contributed by atoms with Crippen LogP contribution in [-0.2, 0) is 4.79 Å². The molecule has 1 amide bonds. The molecule has 3 rings (SSSR count). The lowest BCUT2D eigenvalue weighted by Crippen LogP contribution is -2.22. The van der Waals surface area contributed by atoms with Gasteiger partial charge in [0.1, 0.15) is 0 Å². The van der Waals surface area contributed by atoms with Crippen molar-refractivity contribution in [2.75, 3.05) is 0 Å². The van der Waals surface area contributed by atoms with E-state index < -0.39 is 0 Å². The van der Waals surface area contributed by atoms with Gasteiger partial charge in [-0.05, 0) is 35.7 Å². The Bertz CT molecular complexity index is 441. The van der Waals surface area contributed by atoms with Gasteiger partial charge in [-0.15, -0.1) is 0 Å². The maximum atomic E-state index is 11.5. The summed E-state index contributed by atoms with van der Waals surface area (Å²) in [6, 6.07) is 10.5. The molecule has 90 valence electrons. The average Bonchev–Trinajstić information content (AvgIpc) is 2.81. The summed E-state index contributed by atoms with van der Waals surface area (Å²) >= 11 is 0. The smallest absolute Gasteiger partial charge is 0.221 e. The normalized spacial score (nSPS) is 36.3. The van der Waals surface area contributed by atoms with Gasteiger partial charge in [-0.1, -0.05) is 43.7 Å². The zero-order chi connectivity index (χ0) is 12.0. The van der Waals surface area contributed by atoms with Gasteiger partial charge >= 0.3 is 0 Å². The van der Waals surface area contributed by atoms with Crippen molar-refractivity contribution in [3.8, 4) is 0 Å². The van der Waals surface area contributed by atoms with Gasteiger partial charge in [-0.25, -0.2) is 0 Å². The van der Waals surface area contributed by atoms with E-state index in [-0.39, 0.29) is 17.2 Å². The average molecular weight is 229 g/mol. The van der Waals surface area contributed by atoms with Gasteiger partial charge in [-0.3, -0.25) is 4.79 Å². The van der Waals surface area contributed by atoms with Crippen LogP contribution in [0, 0.1) is 17.3 Å². The maximum Gasteiger partial charge on any atom is 0.221 e. The molecule has 0 aromatic heterocycles. The molecule has 1 aromatic carbocycles. The van der Waals surface area contributed by atoms with E-state index in [1.54, 1.807) is 0 Å². The monoisotopic (exact) mass is 229 g/mol. The Morgan fingerprint density at radius 2 is 2.12 bits per heavy atom. The van der Waals surface area contributed by atoms with Gasteiger partial charge < -0.3 is 5.73 Å². The summed E-state index contributed by atoms with van der Waals surface area (Å²) in [5.74, 6) is 1.05. The number of carbonyl (C=O) groups is 1. The summed E-state index contributed by atoms with van der Waals surface area (Å²) in [5, 5.41) is 0. The van der Waals surface area contributed by atoms with Gasteiger partial charge in [0, 0.05) is 5.92 Å². The van der Waals surface area contributed by atoms with Crippen LogP contribution in [-0.4, -0.2) is 5.91 Å². The van der Waals surface area contributed by atoms with Crippen LogP contribution in [0.25, 0.3) is 0 Å². The van der Waals surface area contributed by atoms with Crippen LogP contribution >= 0.6 is 0 Å². The third-order valence-corrected chi connectivity index (χ3v) is 5.10. The number of rotatable bonds is 3. The molecular weight excluding hydrogens is 210 g/mol. The van der Waals surface area contributed by atoms with Crippen molar-refractivity contribution in [1.29, 1.82) is 0 Å². The van der Waals surface area contributed by atoms with Crippen molar-refractivity contribution in [2.24, 2.45) is 23.0 Å². The Balaban J connectivity index is 1.91. The topological polar surface area (TPSA) is 43.1 Å². The number of primary amides is 1. The van der Waals surface area contributed by atoms with Crippen molar-refractivity contribution < 1.29 is 4.79 Å². The Kier molecular flexibility index (Phi) is 2.29. The molecule has 0 heterocycles. The van der Waals surface area contributed by atoms with Crippen LogP contribution in [0.15, 0.2) is 30.3 Å². The second-order valence-corrected chi connectivity index (χ2v) is 5.62. The van der Waals surface area contributed by atoms with Gasteiger partial charge in [-0.2, -0.15) is 0 Å². The molecule has 2 nitrogen and oxygen atoms in total. The first-order chi connectivity index (χ1) is 8.18. The molecule has 0 saturated heterocycles. The SMILES string of the molecule is C[C@H](c1ccccc1)C12CCCC1C2C(N)=O. The van der Waals surface area contributed by atoms with E-state index in [2.05, 4.69) is 31.2 Å². The van der Waals surface area contributed by atoms with Crippen molar-refractivity contribution in [1.82, 2.24) is 0 Å². The molecule has 2 aliphatic carbocycles. The molecule has 2 N–H and O–H groups in total. The number of benzene rings is 1. The highest BCUT2D eigenvalue weighted by Crippen LogP contribution is 2.73. The molecule has 2 fully saturated rings. The largest absolute Gasteiger partial charge is 0.369 e. The van der Waals surface area contributed by atoms with Gasteiger partial charge in [0.2, 0.25) is 5.91 Å². The fourth-order valence-corrected chi connectivity index (χ4v) is 4.27. The van der Waals surface area contributed by atoms with Crippen molar-refractivity contribution in [2.45, 2.75) is 32.1 Å². The van der Waals surface area contributed by atoms with E-state index >= 15 is 0 Å². The number of amides is 1. The van der Waals surface area contributed by atoms with Gasteiger partial charge in [0.05, 0.1) is 0 Å². The summed E-state index contributed by atoms with van der Waals surface area (Å²) in [7, 11) is 0. The Hall–Kier alpha value is -1.31. The zero-order valence-electron chi connectivity index (χ0n) is 10.2. The van der Waals surface area contributed by atoms with E-state index in [1.807, 2.05) is 6.07 Å². The first-order valence-corrected chi connectivity index (χ1v) is 6.52. The fourth-order valence-electron chi connectivity index (χ4n) is 4.27. The maximum absolute atomic E-state index is 11.5. The fraction of sp³-hybridized carbons (Fsp3) is 0.533. The van der Waals surface area contributed by atoms with Gasteiger partial charge in [0.15, 0.2) is 0 Å². The predicted molar refractivity (Wildman–Crippen MR) is 67.3 cm³/mol.